The van der Waals surface area contributed by atoms with Gasteiger partial charge in [-0.2, -0.15) is 0 Å². The zero-order valence-electron chi connectivity index (χ0n) is 14.8. The van der Waals surface area contributed by atoms with Crippen molar-refractivity contribution in [3.8, 4) is 11.3 Å². The van der Waals surface area contributed by atoms with Gasteiger partial charge in [0.2, 0.25) is 5.91 Å². The number of carbonyl (C=O) groups is 1. The highest BCUT2D eigenvalue weighted by Crippen LogP contribution is 2.14. The molecule has 0 aliphatic carbocycles. The van der Waals surface area contributed by atoms with E-state index in [4.69, 9.17) is 0 Å². The highest BCUT2D eigenvalue weighted by atomic mass is 19.1. The molecule has 27 heavy (non-hydrogen) atoms. The van der Waals surface area contributed by atoms with E-state index in [0.29, 0.717) is 37.2 Å². The van der Waals surface area contributed by atoms with E-state index in [-0.39, 0.29) is 17.3 Å². The summed E-state index contributed by atoms with van der Waals surface area (Å²) in [4.78, 5) is 28.4. The molecule has 0 atom stereocenters. The summed E-state index contributed by atoms with van der Waals surface area (Å²) in [5, 5.41) is 2.81. The van der Waals surface area contributed by atoms with Gasteiger partial charge in [-0.15, -0.1) is 0 Å². The first kappa shape index (κ1) is 18.5. The minimum atomic E-state index is -0.338. The number of hydrogen-bond donors (Lipinski definition) is 1. The Balaban J connectivity index is 1.50. The topological polar surface area (TPSA) is 64.0 Å². The third-order valence-corrected chi connectivity index (χ3v) is 4.18. The first-order valence-corrected chi connectivity index (χ1v) is 8.75. The Labute approximate surface area is 156 Å². The molecule has 0 radical (unpaired) electrons. The Kier molecular flexibility index (Phi) is 6.10. The van der Waals surface area contributed by atoms with Gasteiger partial charge in [-0.3, -0.25) is 14.2 Å². The highest BCUT2D eigenvalue weighted by Gasteiger charge is 2.05. The van der Waals surface area contributed by atoms with Gasteiger partial charge < -0.3 is 5.32 Å². The van der Waals surface area contributed by atoms with Crippen molar-refractivity contribution in [3.63, 3.8) is 0 Å². The quantitative estimate of drug-likeness (QED) is 0.700. The van der Waals surface area contributed by atoms with Crippen molar-refractivity contribution in [2.24, 2.45) is 0 Å². The van der Waals surface area contributed by atoms with Crippen LogP contribution in [0.2, 0.25) is 0 Å². The van der Waals surface area contributed by atoms with Crippen LogP contribution in [-0.4, -0.2) is 22.0 Å². The molecule has 0 bridgehead atoms. The van der Waals surface area contributed by atoms with E-state index >= 15 is 0 Å². The molecule has 0 fully saturated rings. The molecular weight excluding hydrogens is 345 g/mol. The molecule has 0 saturated carbocycles. The normalized spacial score (nSPS) is 10.6. The lowest BCUT2D eigenvalue weighted by molar-refractivity contribution is -0.121. The predicted octanol–water partition coefficient (Wildman–Crippen LogP) is 2.80. The monoisotopic (exact) mass is 365 g/mol. The number of halogens is 1. The highest BCUT2D eigenvalue weighted by molar-refractivity contribution is 5.76. The summed E-state index contributed by atoms with van der Waals surface area (Å²) < 4.78 is 14.4. The standard InChI is InChI=1S/C21H20FN3O2/c22-18-9-7-17(8-10-18)19-14-21(27)25(15-24-19)13-12-23-20(26)11-6-16-4-2-1-3-5-16/h1-5,7-10,14-15H,6,11-13H2,(H,23,26). The van der Waals surface area contributed by atoms with Crippen molar-refractivity contribution in [1.29, 1.82) is 0 Å². The molecule has 6 heteroatoms. The second kappa shape index (κ2) is 8.89. The van der Waals surface area contributed by atoms with Crippen LogP contribution in [0.5, 0.6) is 0 Å². The van der Waals surface area contributed by atoms with Crippen LogP contribution in [0, 0.1) is 5.82 Å². The van der Waals surface area contributed by atoms with Crippen LogP contribution < -0.4 is 10.9 Å². The van der Waals surface area contributed by atoms with E-state index in [1.807, 2.05) is 30.3 Å². The molecule has 0 unspecified atom stereocenters. The zero-order chi connectivity index (χ0) is 19.1. The molecule has 1 N–H and O–H groups in total. The molecule has 1 aromatic heterocycles. The summed E-state index contributed by atoms with van der Waals surface area (Å²) in [7, 11) is 0. The maximum Gasteiger partial charge on any atom is 0.253 e. The number of aryl methyl sites for hydroxylation is 1. The van der Waals surface area contributed by atoms with Crippen LogP contribution in [0.3, 0.4) is 0 Å². The minimum Gasteiger partial charge on any atom is -0.354 e. The molecule has 0 saturated heterocycles. The van der Waals surface area contributed by atoms with Crippen LogP contribution >= 0.6 is 0 Å². The van der Waals surface area contributed by atoms with Crippen molar-refractivity contribution in [3.05, 3.63) is 88.7 Å². The van der Waals surface area contributed by atoms with E-state index in [1.165, 1.54) is 29.1 Å². The van der Waals surface area contributed by atoms with Crippen molar-refractivity contribution in [1.82, 2.24) is 14.9 Å². The van der Waals surface area contributed by atoms with Crippen LogP contribution in [0.15, 0.2) is 71.8 Å². The predicted molar refractivity (Wildman–Crippen MR) is 102 cm³/mol. The average molecular weight is 365 g/mol. The van der Waals surface area contributed by atoms with E-state index in [9.17, 15) is 14.0 Å². The summed E-state index contributed by atoms with van der Waals surface area (Å²) in [5.74, 6) is -0.391. The molecule has 0 spiro atoms. The number of nitrogens with zero attached hydrogens (tertiary/aromatic N) is 2. The van der Waals surface area contributed by atoms with E-state index in [1.54, 1.807) is 12.1 Å². The number of nitrogens with one attached hydrogen (secondary N) is 1. The lowest BCUT2D eigenvalue weighted by Crippen LogP contribution is -2.30. The first-order valence-electron chi connectivity index (χ1n) is 8.75. The summed E-state index contributed by atoms with van der Waals surface area (Å²) in [6, 6.07) is 17.0. The summed E-state index contributed by atoms with van der Waals surface area (Å²) in [5.41, 5.74) is 2.06. The number of carbonyl (C=O) groups excluding carboxylic acids is 1. The molecule has 0 aliphatic heterocycles. The van der Waals surface area contributed by atoms with Gasteiger partial charge in [-0.1, -0.05) is 30.3 Å². The Morgan fingerprint density at radius 3 is 2.52 bits per heavy atom. The maximum absolute atomic E-state index is 13.0. The van der Waals surface area contributed by atoms with Crippen LogP contribution in [-0.2, 0) is 17.8 Å². The van der Waals surface area contributed by atoms with Crippen molar-refractivity contribution < 1.29 is 9.18 Å². The average Bonchev–Trinajstić information content (AvgIpc) is 2.69. The molecule has 3 rings (SSSR count). The lowest BCUT2D eigenvalue weighted by atomic mass is 10.1. The fourth-order valence-electron chi connectivity index (χ4n) is 2.68. The Bertz CT molecular complexity index is 953. The van der Waals surface area contributed by atoms with Crippen LogP contribution in [0.4, 0.5) is 4.39 Å². The fourth-order valence-corrected chi connectivity index (χ4v) is 2.68. The number of amides is 1. The molecule has 0 aliphatic rings. The van der Waals surface area contributed by atoms with Crippen molar-refractivity contribution in [2.75, 3.05) is 6.54 Å². The molecule has 1 amide bonds. The van der Waals surface area contributed by atoms with Crippen molar-refractivity contribution in [2.45, 2.75) is 19.4 Å². The molecular formula is C21H20FN3O2. The smallest absolute Gasteiger partial charge is 0.253 e. The van der Waals surface area contributed by atoms with Gasteiger partial charge in [-0.25, -0.2) is 9.37 Å². The van der Waals surface area contributed by atoms with Crippen molar-refractivity contribution >= 4 is 5.91 Å². The minimum absolute atomic E-state index is 0.0530. The molecule has 5 nitrogen and oxygen atoms in total. The Hall–Kier alpha value is -3.28. The Morgan fingerprint density at radius 2 is 1.81 bits per heavy atom. The van der Waals surface area contributed by atoms with Gasteiger partial charge >= 0.3 is 0 Å². The van der Waals surface area contributed by atoms with Crippen LogP contribution in [0.25, 0.3) is 11.3 Å². The first-order chi connectivity index (χ1) is 13.1. The zero-order valence-corrected chi connectivity index (χ0v) is 14.8. The van der Waals surface area contributed by atoms with E-state index in [2.05, 4.69) is 10.3 Å². The summed E-state index contributed by atoms with van der Waals surface area (Å²) in [6.45, 7) is 0.692. The number of aromatic nitrogens is 2. The van der Waals surface area contributed by atoms with Gasteiger partial charge in [0.15, 0.2) is 0 Å². The summed E-state index contributed by atoms with van der Waals surface area (Å²) in [6.07, 6.45) is 2.53. The van der Waals surface area contributed by atoms with Gasteiger partial charge in [-0.05, 0) is 36.2 Å². The van der Waals surface area contributed by atoms with E-state index < -0.39 is 0 Å². The van der Waals surface area contributed by atoms with Gasteiger partial charge in [0.25, 0.3) is 5.56 Å². The Morgan fingerprint density at radius 1 is 1.07 bits per heavy atom. The molecule has 1 heterocycles. The van der Waals surface area contributed by atoms with Crippen LogP contribution in [0.1, 0.15) is 12.0 Å². The largest absolute Gasteiger partial charge is 0.354 e. The summed E-state index contributed by atoms with van der Waals surface area (Å²) >= 11 is 0. The number of hydrogen-bond acceptors (Lipinski definition) is 3. The second-order valence-electron chi connectivity index (χ2n) is 6.15. The number of rotatable bonds is 7. The van der Waals surface area contributed by atoms with Gasteiger partial charge in [0, 0.05) is 31.1 Å². The fraction of sp³-hybridized carbons (Fsp3) is 0.190. The van der Waals surface area contributed by atoms with Gasteiger partial charge in [0.05, 0.1) is 12.0 Å². The third-order valence-electron chi connectivity index (χ3n) is 4.18. The maximum atomic E-state index is 13.0. The SMILES string of the molecule is O=C(CCc1ccccc1)NCCn1cnc(-c2ccc(F)cc2)cc1=O. The third kappa shape index (κ3) is 5.34. The molecule has 3 aromatic rings. The van der Waals surface area contributed by atoms with Gasteiger partial charge in [0.1, 0.15) is 5.82 Å². The molecule has 138 valence electrons. The number of benzene rings is 2. The van der Waals surface area contributed by atoms with E-state index in [0.717, 1.165) is 5.56 Å². The lowest BCUT2D eigenvalue weighted by Gasteiger charge is -2.08. The second-order valence-corrected chi connectivity index (χ2v) is 6.15. The molecule has 2 aromatic carbocycles.